The van der Waals surface area contributed by atoms with Crippen LogP contribution in [0.15, 0.2) is 36.5 Å². The number of pyridine rings is 1. The maximum atomic E-state index is 12.6. The monoisotopic (exact) mass is 268 g/mol. The summed E-state index contributed by atoms with van der Waals surface area (Å²) in [7, 11) is 0. The highest BCUT2D eigenvalue weighted by atomic mass is 19.4. The minimum Gasteiger partial charge on any atom is -0.504 e. The highest BCUT2D eigenvalue weighted by Crippen LogP contribution is 2.32. The number of anilines is 2. The van der Waals surface area contributed by atoms with E-state index in [1.807, 2.05) is 0 Å². The number of benzene rings is 1. The summed E-state index contributed by atoms with van der Waals surface area (Å²) in [6.45, 7) is 1.67. The molecule has 0 amide bonds. The number of aromatic nitrogens is 1. The van der Waals surface area contributed by atoms with Gasteiger partial charge in [-0.3, -0.25) is 0 Å². The predicted molar refractivity (Wildman–Crippen MR) is 65.4 cm³/mol. The van der Waals surface area contributed by atoms with Crippen LogP contribution in [0.2, 0.25) is 0 Å². The van der Waals surface area contributed by atoms with Crippen molar-refractivity contribution < 1.29 is 18.3 Å². The third-order valence-corrected chi connectivity index (χ3v) is 2.58. The largest absolute Gasteiger partial charge is 0.504 e. The standard InChI is InChI=1S/C13H11F3N2O/c1-8-5-6-17-12(11(8)19)18-10-4-2-3-9(7-10)13(14,15)16/h2-7,19H,1H3,(H,17,18). The van der Waals surface area contributed by atoms with E-state index in [9.17, 15) is 18.3 Å². The summed E-state index contributed by atoms with van der Waals surface area (Å²) < 4.78 is 37.7. The van der Waals surface area contributed by atoms with E-state index in [4.69, 9.17) is 0 Å². The first-order chi connectivity index (χ1) is 8.88. The molecule has 0 atom stereocenters. The summed E-state index contributed by atoms with van der Waals surface area (Å²) in [6.07, 6.45) is -2.94. The number of alkyl halides is 3. The van der Waals surface area contributed by atoms with Gasteiger partial charge in [-0.1, -0.05) is 6.07 Å². The molecule has 0 saturated carbocycles. The molecule has 19 heavy (non-hydrogen) atoms. The maximum Gasteiger partial charge on any atom is 0.416 e. The predicted octanol–water partition coefficient (Wildman–Crippen LogP) is 3.86. The SMILES string of the molecule is Cc1ccnc(Nc2cccc(C(F)(F)F)c2)c1O. The fourth-order valence-electron chi connectivity index (χ4n) is 1.55. The lowest BCUT2D eigenvalue weighted by molar-refractivity contribution is -0.137. The van der Waals surface area contributed by atoms with Crippen LogP contribution in [0.4, 0.5) is 24.7 Å². The van der Waals surface area contributed by atoms with E-state index in [-0.39, 0.29) is 17.3 Å². The van der Waals surface area contributed by atoms with Crippen LogP contribution in [0.1, 0.15) is 11.1 Å². The van der Waals surface area contributed by atoms with Crippen molar-refractivity contribution in [3.05, 3.63) is 47.7 Å². The summed E-state index contributed by atoms with van der Waals surface area (Å²) in [6, 6.07) is 6.31. The number of nitrogens with zero attached hydrogens (tertiary/aromatic N) is 1. The quantitative estimate of drug-likeness (QED) is 0.869. The van der Waals surface area contributed by atoms with Gasteiger partial charge in [-0.2, -0.15) is 13.2 Å². The van der Waals surface area contributed by atoms with Crippen molar-refractivity contribution in [2.24, 2.45) is 0 Å². The van der Waals surface area contributed by atoms with Crippen molar-refractivity contribution in [1.29, 1.82) is 0 Å². The average Bonchev–Trinajstić information content (AvgIpc) is 2.34. The van der Waals surface area contributed by atoms with Gasteiger partial charge in [0.25, 0.3) is 0 Å². The molecule has 0 bridgehead atoms. The number of aromatic hydroxyl groups is 1. The van der Waals surface area contributed by atoms with Crippen molar-refractivity contribution in [2.45, 2.75) is 13.1 Å². The molecule has 0 aliphatic carbocycles. The van der Waals surface area contributed by atoms with Crippen molar-refractivity contribution in [1.82, 2.24) is 4.98 Å². The number of hydrogen-bond donors (Lipinski definition) is 2. The Morgan fingerprint density at radius 1 is 1.21 bits per heavy atom. The van der Waals surface area contributed by atoms with Crippen LogP contribution in [0, 0.1) is 6.92 Å². The highest BCUT2D eigenvalue weighted by Gasteiger charge is 2.30. The Balaban J connectivity index is 2.31. The fraction of sp³-hybridized carbons (Fsp3) is 0.154. The van der Waals surface area contributed by atoms with Gasteiger partial charge in [-0.25, -0.2) is 4.98 Å². The normalized spacial score (nSPS) is 11.4. The lowest BCUT2D eigenvalue weighted by atomic mass is 10.2. The third kappa shape index (κ3) is 2.96. The second-order valence-corrected chi connectivity index (χ2v) is 4.03. The van der Waals surface area contributed by atoms with Crippen LogP contribution in [0.5, 0.6) is 5.75 Å². The molecule has 100 valence electrons. The number of aryl methyl sites for hydroxylation is 1. The summed E-state index contributed by atoms with van der Waals surface area (Å²) in [5, 5.41) is 12.4. The van der Waals surface area contributed by atoms with E-state index in [1.165, 1.54) is 18.3 Å². The van der Waals surface area contributed by atoms with Gasteiger partial charge in [0.05, 0.1) is 5.56 Å². The molecule has 0 aliphatic heterocycles. The zero-order valence-electron chi connectivity index (χ0n) is 9.99. The Morgan fingerprint density at radius 2 is 1.95 bits per heavy atom. The lowest BCUT2D eigenvalue weighted by Gasteiger charge is -2.11. The zero-order valence-corrected chi connectivity index (χ0v) is 9.99. The molecule has 1 aromatic heterocycles. The summed E-state index contributed by atoms with van der Waals surface area (Å²) in [4.78, 5) is 3.88. The molecule has 1 aromatic carbocycles. The van der Waals surface area contributed by atoms with Crippen molar-refractivity contribution >= 4 is 11.5 Å². The van der Waals surface area contributed by atoms with E-state index >= 15 is 0 Å². The Kier molecular flexibility index (Phi) is 3.33. The lowest BCUT2D eigenvalue weighted by Crippen LogP contribution is -2.05. The molecule has 2 rings (SSSR count). The molecule has 6 heteroatoms. The van der Waals surface area contributed by atoms with Gasteiger partial charge >= 0.3 is 6.18 Å². The Labute approximate surface area is 107 Å². The van der Waals surface area contributed by atoms with Crippen molar-refractivity contribution in [3.63, 3.8) is 0 Å². The van der Waals surface area contributed by atoms with Crippen molar-refractivity contribution in [3.8, 4) is 5.75 Å². The van der Waals surface area contributed by atoms with Crippen LogP contribution < -0.4 is 5.32 Å². The van der Waals surface area contributed by atoms with E-state index in [2.05, 4.69) is 10.3 Å². The number of nitrogens with one attached hydrogen (secondary N) is 1. The third-order valence-electron chi connectivity index (χ3n) is 2.58. The summed E-state index contributed by atoms with van der Waals surface area (Å²) in [5.74, 6) is 0.0410. The van der Waals surface area contributed by atoms with Gasteiger partial charge < -0.3 is 10.4 Å². The molecule has 0 radical (unpaired) electrons. The van der Waals surface area contributed by atoms with E-state index < -0.39 is 11.7 Å². The Morgan fingerprint density at radius 3 is 2.63 bits per heavy atom. The van der Waals surface area contributed by atoms with E-state index in [0.29, 0.717) is 5.56 Å². The molecular formula is C13H11F3N2O. The smallest absolute Gasteiger partial charge is 0.416 e. The number of hydrogen-bond acceptors (Lipinski definition) is 3. The first-order valence-corrected chi connectivity index (χ1v) is 5.47. The molecule has 0 spiro atoms. The fourth-order valence-corrected chi connectivity index (χ4v) is 1.55. The van der Waals surface area contributed by atoms with Crippen LogP contribution in [-0.2, 0) is 6.18 Å². The molecule has 0 saturated heterocycles. The van der Waals surface area contributed by atoms with Crippen LogP contribution >= 0.6 is 0 Å². The zero-order chi connectivity index (χ0) is 14.0. The Bertz CT molecular complexity index is 597. The summed E-state index contributed by atoms with van der Waals surface area (Å²) in [5.41, 5.74) is 0.0392. The summed E-state index contributed by atoms with van der Waals surface area (Å²) >= 11 is 0. The molecule has 3 nitrogen and oxygen atoms in total. The molecule has 0 aliphatic rings. The highest BCUT2D eigenvalue weighted by molar-refractivity contribution is 5.63. The van der Waals surface area contributed by atoms with Gasteiger partial charge in [0.2, 0.25) is 0 Å². The van der Waals surface area contributed by atoms with Crippen LogP contribution in [0.3, 0.4) is 0 Å². The van der Waals surface area contributed by atoms with Gasteiger partial charge in [0, 0.05) is 11.9 Å². The first-order valence-electron chi connectivity index (χ1n) is 5.47. The molecule has 2 N–H and O–H groups in total. The minimum absolute atomic E-state index is 0.0834. The minimum atomic E-state index is -4.40. The van der Waals surface area contributed by atoms with E-state index in [1.54, 1.807) is 13.0 Å². The van der Waals surface area contributed by atoms with Crippen molar-refractivity contribution in [2.75, 3.05) is 5.32 Å². The Hall–Kier alpha value is -2.24. The van der Waals surface area contributed by atoms with E-state index in [0.717, 1.165) is 12.1 Å². The molecular weight excluding hydrogens is 257 g/mol. The maximum absolute atomic E-state index is 12.6. The molecule has 1 heterocycles. The molecule has 0 fully saturated rings. The average molecular weight is 268 g/mol. The second-order valence-electron chi connectivity index (χ2n) is 4.03. The first kappa shape index (κ1) is 13.2. The topological polar surface area (TPSA) is 45.2 Å². The van der Waals surface area contributed by atoms with Crippen LogP contribution in [0.25, 0.3) is 0 Å². The number of halogens is 3. The number of rotatable bonds is 2. The second kappa shape index (κ2) is 4.79. The molecule has 2 aromatic rings. The van der Waals surface area contributed by atoms with Gasteiger partial charge in [-0.15, -0.1) is 0 Å². The molecule has 0 unspecified atom stereocenters. The van der Waals surface area contributed by atoms with Crippen LogP contribution in [-0.4, -0.2) is 10.1 Å². The van der Waals surface area contributed by atoms with Gasteiger partial charge in [0.1, 0.15) is 0 Å². The van der Waals surface area contributed by atoms with Gasteiger partial charge in [0.15, 0.2) is 11.6 Å². The van der Waals surface area contributed by atoms with Gasteiger partial charge in [-0.05, 0) is 36.8 Å².